The highest BCUT2D eigenvalue weighted by Crippen LogP contribution is 2.41. The highest BCUT2D eigenvalue weighted by molar-refractivity contribution is 7.46. The zero-order valence-electron chi connectivity index (χ0n) is 14.5. The Morgan fingerprint density at radius 1 is 1.39 bits per heavy atom. The van der Waals surface area contributed by atoms with Crippen molar-refractivity contribution in [2.75, 3.05) is 6.79 Å². The van der Waals surface area contributed by atoms with Crippen molar-refractivity contribution >= 4 is 36.2 Å². The molecule has 0 saturated heterocycles. The Bertz CT molecular complexity index is 1040. The minimum absolute atomic E-state index is 0.142. The first kappa shape index (κ1) is 20.3. The number of hydrogen-bond donors (Lipinski definition) is 3. The van der Waals surface area contributed by atoms with E-state index in [9.17, 15) is 9.36 Å². The van der Waals surface area contributed by atoms with Gasteiger partial charge in [-0.05, 0) is 30.3 Å². The molecular formula is C17H16ClN2O7P. The molecule has 0 bridgehead atoms. The van der Waals surface area contributed by atoms with Crippen molar-refractivity contribution in [2.24, 2.45) is 0 Å². The molecule has 0 saturated carbocycles. The number of halogens is 1. The van der Waals surface area contributed by atoms with Crippen molar-refractivity contribution in [1.29, 1.82) is 0 Å². The van der Waals surface area contributed by atoms with Crippen LogP contribution in [0.25, 0.3) is 10.9 Å². The summed E-state index contributed by atoms with van der Waals surface area (Å²) in [6, 6.07) is 7.51. The number of hydrogen-bond acceptors (Lipinski definition) is 6. The molecule has 1 aromatic carbocycles. The molecular weight excluding hydrogens is 411 g/mol. The van der Waals surface area contributed by atoms with Gasteiger partial charge in [0.05, 0.1) is 11.3 Å². The summed E-state index contributed by atoms with van der Waals surface area (Å²) in [5.41, 5.74) is 0.719. The number of fused-ring (bicyclic) bond motifs is 1. The van der Waals surface area contributed by atoms with E-state index in [0.717, 1.165) is 0 Å². The van der Waals surface area contributed by atoms with Gasteiger partial charge in [-0.25, -0.2) is 9.09 Å². The first-order valence-electron chi connectivity index (χ1n) is 7.97. The second-order valence-electron chi connectivity index (χ2n) is 5.71. The van der Waals surface area contributed by atoms with Crippen LogP contribution >= 0.6 is 19.4 Å². The number of pyridine rings is 1. The van der Waals surface area contributed by atoms with Gasteiger partial charge in [0.2, 0.25) is 5.91 Å². The fourth-order valence-electron chi connectivity index (χ4n) is 2.68. The maximum Gasteiger partial charge on any atom is 0.472 e. The fraction of sp³-hybridized carbons (Fsp3) is 0.176. The minimum Gasteiger partial charge on any atom is -0.467 e. The van der Waals surface area contributed by atoms with E-state index in [0.29, 0.717) is 27.2 Å². The lowest BCUT2D eigenvalue weighted by Crippen LogP contribution is -2.27. The average Bonchev–Trinajstić information content (AvgIpc) is 3.15. The number of nitrogens with zero attached hydrogens (tertiary/aromatic N) is 1. The lowest BCUT2D eigenvalue weighted by molar-refractivity contribution is -0.119. The molecule has 11 heteroatoms. The van der Waals surface area contributed by atoms with E-state index in [4.69, 9.17) is 30.5 Å². The number of phosphoric acid groups is 1. The van der Waals surface area contributed by atoms with Crippen LogP contribution in [0, 0.1) is 0 Å². The lowest BCUT2D eigenvalue weighted by Gasteiger charge is -2.21. The number of phosphoric ester groups is 1. The van der Waals surface area contributed by atoms with Crippen molar-refractivity contribution in [3.05, 3.63) is 59.1 Å². The van der Waals surface area contributed by atoms with Gasteiger partial charge in [0.15, 0.2) is 12.5 Å². The van der Waals surface area contributed by atoms with Gasteiger partial charge in [-0.2, -0.15) is 0 Å². The molecule has 3 rings (SSSR count). The van der Waals surface area contributed by atoms with E-state index in [2.05, 4.69) is 14.8 Å². The molecule has 28 heavy (non-hydrogen) atoms. The molecule has 0 radical (unpaired) electrons. The summed E-state index contributed by atoms with van der Waals surface area (Å²) in [6.07, 6.45) is 2.96. The first-order chi connectivity index (χ1) is 13.3. The Hall–Kier alpha value is -2.42. The highest BCUT2D eigenvalue weighted by atomic mass is 35.5. The molecule has 0 fully saturated rings. The van der Waals surface area contributed by atoms with Crippen LogP contribution in [-0.2, 0) is 13.9 Å². The molecule has 1 amide bonds. The van der Waals surface area contributed by atoms with Crippen LogP contribution in [0.2, 0.25) is 5.02 Å². The maximum atomic E-state index is 11.8. The molecule has 1 atom stereocenters. The normalized spacial score (nSPS) is 12.7. The summed E-state index contributed by atoms with van der Waals surface area (Å²) < 4.78 is 26.3. The summed E-state index contributed by atoms with van der Waals surface area (Å²) in [6.45, 7) is 0.601. The number of benzene rings is 1. The third-order valence-corrected chi connectivity index (χ3v) is 4.49. The topological polar surface area (TPSA) is 131 Å². The predicted molar refractivity (Wildman–Crippen MR) is 99.7 cm³/mol. The SMILES string of the molecule is CC(=O)NC(c1ccco1)c1cc(Cl)c2cccnc2c1OCOP(=O)(O)O. The van der Waals surface area contributed by atoms with Gasteiger partial charge >= 0.3 is 7.82 Å². The van der Waals surface area contributed by atoms with Crippen LogP contribution < -0.4 is 10.1 Å². The first-order valence-corrected chi connectivity index (χ1v) is 9.87. The molecule has 9 nitrogen and oxygen atoms in total. The smallest absolute Gasteiger partial charge is 0.467 e. The number of furan rings is 1. The minimum atomic E-state index is -4.74. The van der Waals surface area contributed by atoms with Gasteiger partial charge in [-0.1, -0.05) is 11.6 Å². The van der Waals surface area contributed by atoms with E-state index in [1.807, 2.05) is 0 Å². The number of rotatable bonds is 7. The molecule has 2 aromatic heterocycles. The molecule has 3 N–H and O–H groups in total. The van der Waals surface area contributed by atoms with Crippen LogP contribution in [0.4, 0.5) is 0 Å². The van der Waals surface area contributed by atoms with Gasteiger partial charge < -0.3 is 24.3 Å². The Morgan fingerprint density at radius 3 is 2.82 bits per heavy atom. The number of ether oxygens (including phenoxy) is 1. The van der Waals surface area contributed by atoms with Gasteiger partial charge in [0.1, 0.15) is 17.3 Å². The lowest BCUT2D eigenvalue weighted by atomic mass is 10.0. The quantitative estimate of drug-likeness (QED) is 0.388. The zero-order valence-corrected chi connectivity index (χ0v) is 16.2. The number of amides is 1. The van der Waals surface area contributed by atoms with Gasteiger partial charge in [-0.15, -0.1) is 0 Å². The highest BCUT2D eigenvalue weighted by Gasteiger charge is 2.26. The number of carbonyl (C=O) groups excluding carboxylic acids is 1. The number of carbonyl (C=O) groups is 1. The van der Waals surface area contributed by atoms with E-state index < -0.39 is 20.7 Å². The molecule has 1 unspecified atom stereocenters. The van der Waals surface area contributed by atoms with Crippen molar-refractivity contribution in [3.8, 4) is 5.75 Å². The Morgan fingerprint density at radius 2 is 2.18 bits per heavy atom. The summed E-state index contributed by atoms with van der Waals surface area (Å²) in [5, 5.41) is 3.65. The third-order valence-electron chi connectivity index (χ3n) is 3.73. The summed E-state index contributed by atoms with van der Waals surface area (Å²) in [4.78, 5) is 33.8. The summed E-state index contributed by atoms with van der Waals surface area (Å²) in [7, 11) is -4.74. The number of aromatic nitrogens is 1. The van der Waals surface area contributed by atoms with Crippen molar-refractivity contribution < 1.29 is 32.8 Å². The Labute approximate surface area is 164 Å². The van der Waals surface area contributed by atoms with E-state index in [1.165, 1.54) is 19.4 Å². The Kier molecular flexibility index (Phi) is 6.02. The molecule has 0 spiro atoms. The van der Waals surface area contributed by atoms with Crippen LogP contribution in [0.3, 0.4) is 0 Å². The van der Waals surface area contributed by atoms with Gasteiger partial charge in [-0.3, -0.25) is 9.78 Å². The van der Waals surface area contributed by atoms with E-state index in [-0.39, 0.29) is 11.7 Å². The van der Waals surface area contributed by atoms with Gasteiger partial charge in [0.25, 0.3) is 0 Å². The van der Waals surface area contributed by atoms with Crippen LogP contribution in [0.5, 0.6) is 5.75 Å². The molecule has 0 aliphatic heterocycles. The molecule has 2 heterocycles. The molecule has 0 aliphatic rings. The van der Waals surface area contributed by atoms with Crippen LogP contribution in [0.1, 0.15) is 24.3 Å². The second-order valence-corrected chi connectivity index (χ2v) is 7.35. The maximum absolute atomic E-state index is 11.8. The van der Waals surface area contributed by atoms with Gasteiger partial charge in [0, 0.05) is 24.1 Å². The molecule has 148 valence electrons. The summed E-state index contributed by atoms with van der Waals surface area (Å²) >= 11 is 6.39. The Balaban J connectivity index is 2.14. The van der Waals surface area contributed by atoms with Crippen molar-refractivity contribution in [3.63, 3.8) is 0 Å². The molecule has 0 aliphatic carbocycles. The zero-order chi connectivity index (χ0) is 20.3. The third kappa shape index (κ3) is 4.70. The van der Waals surface area contributed by atoms with E-state index >= 15 is 0 Å². The van der Waals surface area contributed by atoms with Crippen molar-refractivity contribution in [2.45, 2.75) is 13.0 Å². The van der Waals surface area contributed by atoms with Crippen LogP contribution in [0.15, 0.2) is 47.2 Å². The standard InChI is InChI=1S/C17H16ClN2O7P/c1-10(21)20-15(14-5-3-7-25-14)12-8-13(18)11-4-2-6-19-16(11)17(12)26-9-27-28(22,23)24/h2-8,15H,9H2,1H3,(H,20,21)(H2,22,23,24). The monoisotopic (exact) mass is 426 g/mol. The van der Waals surface area contributed by atoms with Crippen molar-refractivity contribution in [1.82, 2.24) is 10.3 Å². The van der Waals surface area contributed by atoms with E-state index in [1.54, 1.807) is 30.3 Å². The average molecular weight is 427 g/mol. The number of nitrogens with one attached hydrogen (secondary N) is 1. The predicted octanol–water partition coefficient (Wildman–Crippen LogP) is 3.15. The summed E-state index contributed by atoms with van der Waals surface area (Å²) in [5.74, 6) is 0.210. The largest absolute Gasteiger partial charge is 0.472 e. The molecule has 3 aromatic rings. The second kappa shape index (κ2) is 8.30. The fourth-order valence-corrected chi connectivity index (χ4v) is 3.14. The van der Waals surface area contributed by atoms with Crippen LogP contribution in [-0.4, -0.2) is 27.5 Å².